The first-order valence-corrected chi connectivity index (χ1v) is 6.09. The van der Waals surface area contributed by atoms with Crippen molar-refractivity contribution in [2.75, 3.05) is 20.6 Å². The van der Waals surface area contributed by atoms with Gasteiger partial charge in [0.1, 0.15) is 0 Å². The molecule has 3 fully saturated rings. The minimum Gasteiger partial charge on any atom is -0.505 e. The van der Waals surface area contributed by atoms with E-state index in [1.807, 2.05) is 6.07 Å². The molecule has 0 unspecified atom stereocenters. The van der Waals surface area contributed by atoms with Crippen molar-refractivity contribution in [1.29, 1.82) is 0 Å². The molecular weight excluding hydrogens is 217 g/mol. The summed E-state index contributed by atoms with van der Waals surface area (Å²) in [5, 5.41) is 9.43. The summed E-state index contributed by atoms with van der Waals surface area (Å²) in [5.74, 6) is -0.625. The third kappa shape index (κ3) is 1.41. The van der Waals surface area contributed by atoms with E-state index in [1.165, 1.54) is 6.07 Å². The zero-order valence-electron chi connectivity index (χ0n) is 10.3. The Bertz CT molecular complexity index is 450. The second-order valence-electron chi connectivity index (χ2n) is 6.19. The second-order valence-corrected chi connectivity index (χ2v) is 6.19. The van der Waals surface area contributed by atoms with Crippen LogP contribution in [0.3, 0.4) is 0 Å². The van der Waals surface area contributed by atoms with Gasteiger partial charge < -0.3 is 10.0 Å². The molecule has 3 heteroatoms. The number of phenols is 1. The topological polar surface area (TPSA) is 23.5 Å². The molecule has 0 radical (unpaired) electrons. The molecule has 0 saturated heterocycles. The lowest BCUT2D eigenvalue weighted by atomic mass is 9.33. The maximum Gasteiger partial charge on any atom is 0.168 e. The van der Waals surface area contributed by atoms with E-state index in [1.54, 1.807) is 6.07 Å². The molecular formula is C14H18FNO. The molecule has 0 aliphatic heterocycles. The molecule has 2 nitrogen and oxygen atoms in total. The molecule has 0 aromatic heterocycles. The first-order chi connectivity index (χ1) is 7.96. The van der Waals surface area contributed by atoms with Crippen molar-refractivity contribution in [3.8, 4) is 5.75 Å². The van der Waals surface area contributed by atoms with Gasteiger partial charge in [-0.2, -0.15) is 0 Å². The highest BCUT2D eigenvalue weighted by Crippen LogP contribution is 2.74. The second kappa shape index (κ2) is 3.22. The summed E-state index contributed by atoms with van der Waals surface area (Å²) in [4.78, 5) is 2.21. The molecule has 3 saturated carbocycles. The van der Waals surface area contributed by atoms with E-state index in [2.05, 4.69) is 19.0 Å². The van der Waals surface area contributed by atoms with Crippen LogP contribution in [0.5, 0.6) is 5.75 Å². The first kappa shape index (κ1) is 11.0. The van der Waals surface area contributed by atoms with Crippen LogP contribution in [-0.2, 0) is 5.41 Å². The van der Waals surface area contributed by atoms with Crippen molar-refractivity contribution in [3.05, 3.63) is 29.6 Å². The van der Waals surface area contributed by atoms with Gasteiger partial charge in [0.05, 0.1) is 0 Å². The Hall–Kier alpha value is -1.09. The molecule has 0 spiro atoms. The Labute approximate surface area is 101 Å². The Balaban J connectivity index is 1.80. The van der Waals surface area contributed by atoms with E-state index in [9.17, 15) is 9.50 Å². The van der Waals surface area contributed by atoms with Gasteiger partial charge in [-0.05, 0) is 50.4 Å². The Morgan fingerprint density at radius 3 is 2.53 bits per heavy atom. The van der Waals surface area contributed by atoms with Crippen molar-refractivity contribution < 1.29 is 9.50 Å². The van der Waals surface area contributed by atoms with Crippen molar-refractivity contribution in [2.45, 2.75) is 24.7 Å². The summed E-state index contributed by atoms with van der Waals surface area (Å²) in [5.41, 5.74) is 1.17. The monoisotopic (exact) mass is 235 g/mol. The molecule has 3 aliphatic carbocycles. The average Bonchev–Trinajstić information content (AvgIpc) is 2.14. The fourth-order valence-electron chi connectivity index (χ4n) is 4.05. The van der Waals surface area contributed by atoms with Gasteiger partial charge in [0.2, 0.25) is 0 Å². The van der Waals surface area contributed by atoms with Gasteiger partial charge in [0, 0.05) is 12.0 Å². The third-order valence-electron chi connectivity index (χ3n) is 4.34. The SMILES string of the molecule is CN(C)CC12CC(c3cccc(O)c3F)(C1)C2. The number of halogens is 1. The molecule has 17 heavy (non-hydrogen) atoms. The number of hydrogen-bond acceptors (Lipinski definition) is 2. The normalized spacial score (nSPS) is 34.4. The van der Waals surface area contributed by atoms with Crippen LogP contribution in [0.1, 0.15) is 24.8 Å². The van der Waals surface area contributed by atoms with Gasteiger partial charge in [0.25, 0.3) is 0 Å². The summed E-state index contributed by atoms with van der Waals surface area (Å²) >= 11 is 0. The van der Waals surface area contributed by atoms with Crippen molar-refractivity contribution in [2.24, 2.45) is 5.41 Å². The van der Waals surface area contributed by atoms with Crippen LogP contribution in [0.4, 0.5) is 4.39 Å². The van der Waals surface area contributed by atoms with Crippen LogP contribution < -0.4 is 0 Å². The minimum absolute atomic E-state index is 0.0266. The predicted octanol–water partition coefficient (Wildman–Crippen LogP) is 2.51. The minimum atomic E-state index is -0.411. The van der Waals surface area contributed by atoms with Crippen LogP contribution in [0.25, 0.3) is 0 Å². The molecule has 1 aromatic carbocycles. The standard InChI is InChI=1S/C14H18FNO/c1-16(2)9-13-6-14(7-13,8-13)10-4-3-5-11(17)12(10)15/h3-5,17H,6-9H2,1-2H3. The molecule has 1 aromatic rings. The highest BCUT2D eigenvalue weighted by atomic mass is 19.1. The highest BCUT2D eigenvalue weighted by Gasteiger charge is 2.68. The largest absolute Gasteiger partial charge is 0.505 e. The first-order valence-electron chi connectivity index (χ1n) is 6.09. The number of benzene rings is 1. The molecule has 3 aliphatic rings. The lowest BCUT2D eigenvalue weighted by Gasteiger charge is -2.72. The van der Waals surface area contributed by atoms with Gasteiger partial charge in [-0.25, -0.2) is 4.39 Å². The van der Waals surface area contributed by atoms with Gasteiger partial charge in [-0.1, -0.05) is 12.1 Å². The van der Waals surface area contributed by atoms with Crippen LogP contribution in [-0.4, -0.2) is 30.6 Å². The maximum absolute atomic E-state index is 13.9. The van der Waals surface area contributed by atoms with Gasteiger partial charge in [-0.3, -0.25) is 0 Å². The summed E-state index contributed by atoms with van der Waals surface area (Å²) < 4.78 is 13.9. The summed E-state index contributed by atoms with van der Waals surface area (Å²) in [6.07, 6.45) is 3.20. The van der Waals surface area contributed by atoms with Crippen LogP contribution in [0, 0.1) is 11.2 Å². The van der Waals surface area contributed by atoms with Gasteiger partial charge in [-0.15, -0.1) is 0 Å². The number of phenolic OH excluding ortho intramolecular Hbond substituents is 1. The number of hydrogen-bond donors (Lipinski definition) is 1. The van der Waals surface area contributed by atoms with E-state index in [4.69, 9.17) is 0 Å². The summed E-state index contributed by atoms with van der Waals surface area (Å²) in [6, 6.07) is 4.99. The Morgan fingerprint density at radius 1 is 1.29 bits per heavy atom. The molecule has 0 amide bonds. The fraction of sp³-hybridized carbons (Fsp3) is 0.571. The quantitative estimate of drug-likeness (QED) is 0.870. The number of rotatable bonds is 3. The average molecular weight is 235 g/mol. The van der Waals surface area contributed by atoms with Gasteiger partial charge >= 0.3 is 0 Å². The summed E-state index contributed by atoms with van der Waals surface area (Å²) in [6.45, 7) is 1.09. The zero-order chi connectivity index (χ0) is 12.3. The van der Waals surface area contributed by atoms with Crippen LogP contribution in [0.2, 0.25) is 0 Å². The fourth-order valence-corrected chi connectivity index (χ4v) is 4.05. The smallest absolute Gasteiger partial charge is 0.168 e. The van der Waals surface area contributed by atoms with E-state index >= 15 is 0 Å². The molecule has 2 bridgehead atoms. The van der Waals surface area contributed by atoms with Crippen molar-refractivity contribution >= 4 is 0 Å². The van der Waals surface area contributed by atoms with Crippen LogP contribution in [0.15, 0.2) is 18.2 Å². The van der Waals surface area contributed by atoms with Gasteiger partial charge in [0.15, 0.2) is 11.6 Å². The number of aromatic hydroxyl groups is 1. The lowest BCUT2D eigenvalue weighted by molar-refractivity contribution is -0.152. The molecule has 92 valence electrons. The predicted molar refractivity (Wildman–Crippen MR) is 64.6 cm³/mol. The Morgan fingerprint density at radius 2 is 1.94 bits per heavy atom. The van der Waals surface area contributed by atoms with E-state index in [0.717, 1.165) is 31.4 Å². The summed E-state index contributed by atoms with van der Waals surface area (Å²) in [7, 11) is 4.17. The van der Waals surface area contributed by atoms with Crippen molar-refractivity contribution in [1.82, 2.24) is 4.90 Å². The molecule has 4 rings (SSSR count). The van der Waals surface area contributed by atoms with Crippen LogP contribution >= 0.6 is 0 Å². The molecule has 0 atom stereocenters. The number of nitrogens with zero attached hydrogens (tertiary/aromatic N) is 1. The van der Waals surface area contributed by atoms with E-state index in [0.29, 0.717) is 5.41 Å². The van der Waals surface area contributed by atoms with E-state index in [-0.39, 0.29) is 11.2 Å². The Kier molecular flexibility index (Phi) is 2.09. The lowest BCUT2D eigenvalue weighted by Crippen LogP contribution is -2.67. The van der Waals surface area contributed by atoms with Crippen molar-refractivity contribution in [3.63, 3.8) is 0 Å². The van der Waals surface area contributed by atoms with E-state index < -0.39 is 5.82 Å². The maximum atomic E-state index is 13.9. The third-order valence-corrected chi connectivity index (χ3v) is 4.34. The highest BCUT2D eigenvalue weighted by molar-refractivity contribution is 5.43. The molecule has 0 heterocycles. The molecule has 1 N–H and O–H groups in total. The zero-order valence-corrected chi connectivity index (χ0v) is 10.3.